The van der Waals surface area contributed by atoms with Gasteiger partial charge in [0.2, 0.25) is 0 Å². The van der Waals surface area contributed by atoms with Gasteiger partial charge in [0, 0.05) is 5.92 Å². The van der Waals surface area contributed by atoms with Gasteiger partial charge in [-0.3, -0.25) is 0 Å². The van der Waals surface area contributed by atoms with Crippen LogP contribution in [-0.2, 0) is 0 Å². The number of rotatable bonds is 1. The Morgan fingerprint density at radius 3 is 2.89 bits per heavy atom. The SMILES string of the molecule is In1cnc(C2CC2)n1. The summed E-state index contributed by atoms with van der Waals surface area (Å²) in [4.78, 5) is 4.12. The van der Waals surface area contributed by atoms with E-state index in [-0.39, 0.29) is 0 Å². The largest absolute Gasteiger partial charge is 0.219 e. The fourth-order valence-electron chi connectivity index (χ4n) is 0.785. The van der Waals surface area contributed by atoms with Gasteiger partial charge in [0.25, 0.3) is 0 Å². The smallest absolute Gasteiger partial charge is 0.154 e. The highest BCUT2D eigenvalue weighted by Crippen LogP contribution is 2.37. The van der Waals surface area contributed by atoms with Crippen molar-refractivity contribution in [1.82, 2.24) is 13.0 Å². The van der Waals surface area contributed by atoms with Crippen LogP contribution in [0.1, 0.15) is 24.6 Å². The molecule has 0 unspecified atom stereocenters. The Morgan fingerprint density at radius 2 is 2.44 bits per heavy atom. The normalized spacial score (nSPS) is 18.3. The van der Waals surface area contributed by atoms with E-state index >= 15 is 0 Å². The maximum Gasteiger partial charge on any atom is 0.154 e. The Hall–Kier alpha value is -0.130. The Morgan fingerprint density at radius 1 is 1.67 bits per heavy atom. The van der Waals surface area contributed by atoms with Gasteiger partial charge in [-0.2, -0.15) is 2.90 Å². The number of halogens is 1. The van der Waals surface area contributed by atoms with Gasteiger partial charge in [0.05, 0.1) is 22.9 Å². The Labute approximate surface area is 67.0 Å². The van der Waals surface area contributed by atoms with Crippen molar-refractivity contribution in [3.8, 4) is 0 Å². The second-order valence-corrected chi connectivity index (χ2v) is 3.25. The summed E-state index contributed by atoms with van der Waals surface area (Å²) in [5.41, 5.74) is 0. The first-order valence-corrected chi connectivity index (χ1v) is 3.90. The zero-order chi connectivity index (χ0) is 6.27. The minimum absolute atomic E-state index is 0.681. The summed E-state index contributed by atoms with van der Waals surface area (Å²) in [6, 6.07) is 0. The van der Waals surface area contributed by atoms with Crippen LogP contribution >= 0.6 is 22.9 Å². The molecule has 1 heterocycles. The van der Waals surface area contributed by atoms with E-state index in [4.69, 9.17) is 0 Å². The van der Waals surface area contributed by atoms with Crippen molar-refractivity contribution in [1.29, 1.82) is 0 Å². The summed E-state index contributed by atoms with van der Waals surface area (Å²) < 4.78 is 1.73. The molecule has 0 spiro atoms. The van der Waals surface area contributed by atoms with Gasteiger partial charge in [-0.25, -0.2) is 4.98 Å². The molecule has 1 aliphatic carbocycles. The molecule has 1 aliphatic rings. The molecule has 1 saturated carbocycles. The Balaban J connectivity index is 2.28. The summed E-state index contributed by atoms with van der Waals surface area (Å²) in [6.07, 6.45) is 4.30. The molecule has 48 valence electrons. The molecule has 0 bridgehead atoms. The van der Waals surface area contributed by atoms with Gasteiger partial charge < -0.3 is 0 Å². The topological polar surface area (TPSA) is 30.7 Å². The van der Waals surface area contributed by atoms with E-state index in [1.807, 2.05) is 0 Å². The number of aromatic nitrogens is 3. The zero-order valence-electron chi connectivity index (χ0n) is 4.79. The van der Waals surface area contributed by atoms with Crippen molar-refractivity contribution >= 4 is 22.9 Å². The molecule has 0 aromatic carbocycles. The lowest BCUT2D eigenvalue weighted by molar-refractivity contribution is 0.924. The van der Waals surface area contributed by atoms with Gasteiger partial charge in [-0.15, -0.1) is 5.10 Å². The highest BCUT2D eigenvalue weighted by molar-refractivity contribution is 14.1. The van der Waals surface area contributed by atoms with Crippen LogP contribution in [0.2, 0.25) is 0 Å². The average molecular weight is 235 g/mol. The zero-order valence-corrected chi connectivity index (χ0v) is 6.95. The van der Waals surface area contributed by atoms with Crippen molar-refractivity contribution in [3.63, 3.8) is 0 Å². The highest BCUT2D eigenvalue weighted by Gasteiger charge is 2.27. The summed E-state index contributed by atoms with van der Waals surface area (Å²) >= 11 is 2.10. The summed E-state index contributed by atoms with van der Waals surface area (Å²) in [7, 11) is 0. The molecule has 4 heteroatoms. The number of hydrogen-bond acceptors (Lipinski definition) is 2. The van der Waals surface area contributed by atoms with E-state index < -0.39 is 0 Å². The predicted octanol–water partition coefficient (Wildman–Crippen LogP) is 1.35. The number of nitrogens with zero attached hydrogens (tertiary/aromatic N) is 3. The molecule has 1 aromatic rings. The molecule has 1 aromatic heterocycles. The first-order chi connectivity index (χ1) is 4.36. The standard InChI is InChI=1S/C5H6IN3/c6-9-3-7-5(8-9)4-1-2-4/h3-4H,1-2H2. The molecular formula is C5H6IN3. The summed E-state index contributed by atoms with van der Waals surface area (Å²) in [6.45, 7) is 0. The molecule has 3 nitrogen and oxygen atoms in total. The molecule has 0 amide bonds. The number of hydrogen-bond donors (Lipinski definition) is 0. The average Bonchev–Trinajstić information content (AvgIpc) is 2.58. The van der Waals surface area contributed by atoms with E-state index in [1.165, 1.54) is 12.8 Å². The molecular weight excluding hydrogens is 229 g/mol. The van der Waals surface area contributed by atoms with Crippen molar-refractivity contribution in [2.75, 3.05) is 0 Å². The first-order valence-electron chi connectivity index (χ1n) is 2.94. The van der Waals surface area contributed by atoms with E-state index in [0.29, 0.717) is 5.92 Å². The third-order valence-electron chi connectivity index (χ3n) is 1.43. The van der Waals surface area contributed by atoms with Crippen molar-refractivity contribution in [2.45, 2.75) is 18.8 Å². The minimum atomic E-state index is 0.681. The molecule has 0 aliphatic heterocycles. The van der Waals surface area contributed by atoms with Crippen LogP contribution in [0.4, 0.5) is 0 Å². The van der Waals surface area contributed by atoms with Crippen LogP contribution in [0, 0.1) is 0 Å². The maximum absolute atomic E-state index is 4.16. The van der Waals surface area contributed by atoms with Gasteiger partial charge in [0.15, 0.2) is 5.82 Å². The summed E-state index contributed by atoms with van der Waals surface area (Å²) in [5, 5.41) is 4.16. The fourth-order valence-corrected chi connectivity index (χ4v) is 1.13. The van der Waals surface area contributed by atoms with Crippen LogP contribution in [0.25, 0.3) is 0 Å². The van der Waals surface area contributed by atoms with Crippen LogP contribution in [0.3, 0.4) is 0 Å². The molecule has 0 radical (unpaired) electrons. The van der Waals surface area contributed by atoms with Gasteiger partial charge in [-0.1, -0.05) is 0 Å². The maximum atomic E-state index is 4.16. The molecule has 2 rings (SSSR count). The molecule has 0 atom stereocenters. The van der Waals surface area contributed by atoms with Gasteiger partial charge in [-0.05, 0) is 12.8 Å². The molecule has 1 fully saturated rings. The highest BCUT2D eigenvalue weighted by atomic mass is 127. The first kappa shape index (κ1) is 5.64. The monoisotopic (exact) mass is 235 g/mol. The second-order valence-electron chi connectivity index (χ2n) is 2.27. The van der Waals surface area contributed by atoms with Crippen LogP contribution in [0.5, 0.6) is 0 Å². The van der Waals surface area contributed by atoms with Gasteiger partial charge in [0.1, 0.15) is 6.33 Å². The molecule has 0 saturated heterocycles. The quantitative estimate of drug-likeness (QED) is 0.688. The third-order valence-corrected chi connectivity index (χ3v) is 1.89. The lowest BCUT2D eigenvalue weighted by Gasteiger charge is -1.81. The third kappa shape index (κ3) is 1.08. The Bertz CT molecular complexity index is 216. The lowest BCUT2D eigenvalue weighted by atomic mass is 10.4. The summed E-state index contributed by atoms with van der Waals surface area (Å²) in [5.74, 6) is 1.70. The van der Waals surface area contributed by atoms with E-state index in [2.05, 4.69) is 32.9 Å². The van der Waals surface area contributed by atoms with Crippen molar-refractivity contribution in [3.05, 3.63) is 12.2 Å². The van der Waals surface area contributed by atoms with Crippen LogP contribution < -0.4 is 0 Å². The van der Waals surface area contributed by atoms with E-state index in [0.717, 1.165) is 5.82 Å². The van der Waals surface area contributed by atoms with Crippen LogP contribution in [0.15, 0.2) is 6.33 Å². The van der Waals surface area contributed by atoms with E-state index in [1.54, 1.807) is 9.22 Å². The second kappa shape index (κ2) is 1.93. The lowest BCUT2D eigenvalue weighted by Crippen LogP contribution is -1.83. The minimum Gasteiger partial charge on any atom is -0.219 e. The predicted molar refractivity (Wildman–Crippen MR) is 41.4 cm³/mol. The van der Waals surface area contributed by atoms with Crippen LogP contribution in [-0.4, -0.2) is 13.0 Å². The molecule has 9 heavy (non-hydrogen) atoms. The van der Waals surface area contributed by atoms with E-state index in [9.17, 15) is 0 Å². The van der Waals surface area contributed by atoms with Crippen molar-refractivity contribution < 1.29 is 0 Å². The fraction of sp³-hybridized carbons (Fsp3) is 0.600. The van der Waals surface area contributed by atoms with Crippen molar-refractivity contribution in [2.24, 2.45) is 0 Å². The Kier molecular flexibility index (Phi) is 1.21. The van der Waals surface area contributed by atoms with Gasteiger partial charge >= 0.3 is 0 Å². The molecule has 0 N–H and O–H groups in total.